The number of aliphatic hydroxyl groups excluding tert-OH is 15. The Kier molecular flexibility index (Phi) is 21.9. The van der Waals surface area contributed by atoms with E-state index in [4.69, 9.17) is 37.9 Å². The van der Waals surface area contributed by atoms with Gasteiger partial charge in [0.25, 0.3) is 5.79 Å². The summed E-state index contributed by atoms with van der Waals surface area (Å²) in [4.78, 5) is 50.2. The van der Waals surface area contributed by atoms with Gasteiger partial charge in [0.2, 0.25) is 17.7 Å². The Bertz CT molecular complexity index is 1710. The number of rotatable bonds is 22. The van der Waals surface area contributed by atoms with E-state index in [1.165, 1.54) is 6.92 Å². The average molecular weight is 1030 g/mol. The molecule has 4 aliphatic rings. The first-order valence-electron chi connectivity index (χ1n) is 22.0. The zero-order valence-corrected chi connectivity index (χ0v) is 38.2. The van der Waals surface area contributed by atoms with Crippen LogP contribution in [0.2, 0.25) is 0 Å². The quantitative estimate of drug-likeness (QED) is 0.0479. The number of hydrogen-bond donors (Lipinski definition) is 19. The lowest BCUT2D eigenvalue weighted by Gasteiger charge is -2.52. The van der Waals surface area contributed by atoms with Crippen molar-refractivity contribution in [3.63, 3.8) is 0 Å². The van der Waals surface area contributed by atoms with Gasteiger partial charge in [-0.3, -0.25) is 14.4 Å². The van der Waals surface area contributed by atoms with Gasteiger partial charge >= 0.3 is 5.97 Å². The van der Waals surface area contributed by atoms with Gasteiger partial charge in [-0.1, -0.05) is 0 Å². The number of aliphatic carboxylic acids is 1. The Hall–Kier alpha value is -3.04. The van der Waals surface area contributed by atoms with Crippen LogP contribution in [0.1, 0.15) is 34.1 Å². The molecule has 70 heavy (non-hydrogen) atoms. The van der Waals surface area contributed by atoms with Gasteiger partial charge in [-0.2, -0.15) is 0 Å². The smallest absolute Gasteiger partial charge is 0.364 e. The molecule has 0 spiro atoms. The molecule has 4 heterocycles. The van der Waals surface area contributed by atoms with Gasteiger partial charge in [0.05, 0.1) is 57.3 Å². The summed E-state index contributed by atoms with van der Waals surface area (Å²) in [7, 11) is 0. The molecule has 0 bridgehead atoms. The summed E-state index contributed by atoms with van der Waals surface area (Å²) < 4.78 is 47.0. The predicted octanol–water partition coefficient (Wildman–Crippen LogP) is -11.6. The molecule has 0 aromatic carbocycles. The molecule has 0 aromatic heterocycles. The third-order valence-corrected chi connectivity index (χ3v) is 12.1. The first-order chi connectivity index (χ1) is 32.8. The summed E-state index contributed by atoms with van der Waals surface area (Å²) in [5, 5.41) is 178. The highest BCUT2D eigenvalue weighted by atomic mass is 16.8. The topological polar surface area (TPSA) is 502 Å². The van der Waals surface area contributed by atoms with E-state index in [0.29, 0.717) is 0 Å². The van der Waals surface area contributed by atoms with Crippen molar-refractivity contribution in [3.05, 3.63) is 0 Å². The van der Waals surface area contributed by atoms with Crippen molar-refractivity contribution >= 4 is 23.7 Å². The number of carboxylic acid groups (broad SMARTS) is 1. The molecule has 25 atom stereocenters. The number of carbonyl (C=O) groups excluding carboxylic acids is 3. The first kappa shape index (κ1) is 59.5. The molecule has 31 heteroatoms. The Morgan fingerprint density at radius 1 is 0.643 bits per heavy atom. The van der Waals surface area contributed by atoms with Crippen LogP contribution in [0.25, 0.3) is 0 Å². The molecule has 4 fully saturated rings. The fourth-order valence-corrected chi connectivity index (χ4v) is 8.48. The molecule has 31 nitrogen and oxygen atoms in total. The minimum Gasteiger partial charge on any atom is -0.477 e. The monoisotopic (exact) mass is 1030 g/mol. The SMILES string of the molecule is CC(=O)N[C@H]1[C@H](O[C@@H]([C@@H](O)[C@H](O)CO)[C@H](CO)NC(C)=O)O[C@H](CO)[C@@H](O[C@@H]2O[C@H](CO)[C@H](O)[C@H](O[C@]3(C(=O)O)C[C@H](O)[C@@H](NC(C)=O)[C@H]([C@H](O)[C@H](O)CO)O3)[C@H]2O)[C@@H]1O[C@@H]1O[C@@H](C)[C@@H](O)[C@@H](O)[C@@H]1O. The summed E-state index contributed by atoms with van der Waals surface area (Å²) in [5.41, 5.74) is 0. The number of hydrogen-bond acceptors (Lipinski definition) is 27. The van der Waals surface area contributed by atoms with Crippen molar-refractivity contribution < 1.29 is 139 Å². The van der Waals surface area contributed by atoms with Crippen molar-refractivity contribution in [2.75, 3.05) is 33.0 Å². The van der Waals surface area contributed by atoms with Crippen LogP contribution in [0.5, 0.6) is 0 Å². The van der Waals surface area contributed by atoms with Gasteiger partial charge in [-0.05, 0) is 6.92 Å². The number of amides is 3. The molecule has 3 amide bonds. The minimum atomic E-state index is -3.22. The summed E-state index contributed by atoms with van der Waals surface area (Å²) in [5.74, 6) is -7.85. The molecule has 4 rings (SSSR count). The van der Waals surface area contributed by atoms with Crippen molar-refractivity contribution in [1.29, 1.82) is 0 Å². The molecule has 0 saturated carbocycles. The average Bonchev–Trinajstić information content (AvgIpc) is 3.31. The summed E-state index contributed by atoms with van der Waals surface area (Å²) in [6.07, 6.45) is -43.9. The molecule has 4 aliphatic heterocycles. The zero-order valence-electron chi connectivity index (χ0n) is 38.2. The van der Waals surface area contributed by atoms with Crippen molar-refractivity contribution in [1.82, 2.24) is 16.0 Å². The lowest BCUT2D eigenvalue weighted by Crippen LogP contribution is -2.72. The van der Waals surface area contributed by atoms with Gasteiger partial charge in [0.1, 0.15) is 104 Å². The predicted molar refractivity (Wildman–Crippen MR) is 219 cm³/mol. The summed E-state index contributed by atoms with van der Waals surface area (Å²) in [6.45, 7) is -1.32. The zero-order chi connectivity index (χ0) is 52.7. The molecule has 19 N–H and O–H groups in total. The highest BCUT2D eigenvalue weighted by molar-refractivity contribution is 5.77. The van der Waals surface area contributed by atoms with Crippen LogP contribution >= 0.6 is 0 Å². The Labute approximate surface area is 397 Å². The van der Waals surface area contributed by atoms with Crippen LogP contribution in [0.3, 0.4) is 0 Å². The molecule has 0 unspecified atom stereocenters. The van der Waals surface area contributed by atoms with E-state index in [2.05, 4.69) is 16.0 Å². The minimum absolute atomic E-state index is 0.797. The second kappa shape index (κ2) is 25.8. The number of carbonyl (C=O) groups is 4. The maximum Gasteiger partial charge on any atom is 0.364 e. The second-order valence-corrected chi connectivity index (χ2v) is 17.3. The molecule has 0 aliphatic carbocycles. The number of nitrogens with one attached hydrogen (secondary N) is 3. The fourth-order valence-electron chi connectivity index (χ4n) is 8.48. The van der Waals surface area contributed by atoms with Crippen molar-refractivity contribution in [2.24, 2.45) is 0 Å². The molecular weight excluding hydrogens is 958 g/mol. The van der Waals surface area contributed by atoms with Crippen LogP contribution in [0, 0.1) is 0 Å². The van der Waals surface area contributed by atoms with Crippen molar-refractivity contribution in [2.45, 2.75) is 187 Å². The third-order valence-electron chi connectivity index (χ3n) is 12.1. The van der Waals surface area contributed by atoms with E-state index in [1.807, 2.05) is 0 Å². The molecule has 4 saturated heterocycles. The number of carboxylic acids is 1. The van der Waals surface area contributed by atoms with Gasteiger partial charge in [0, 0.05) is 27.2 Å². The van der Waals surface area contributed by atoms with E-state index >= 15 is 0 Å². The molecule has 0 aromatic rings. The normalized spacial score (nSPS) is 40.7. The van der Waals surface area contributed by atoms with Crippen LogP contribution in [0.15, 0.2) is 0 Å². The first-order valence-corrected chi connectivity index (χ1v) is 22.0. The Morgan fingerprint density at radius 2 is 1.20 bits per heavy atom. The standard InChI is InChI=1S/C39H67N3O28/c1-11-23(54)27(58)28(59)36(63-11)68-33-22(42-14(4)50)35(66-30(24(55)17(52)7-44)15(6-43)40-12(2)48)65-20(10-47)31(33)67-37-29(60)34(26(57)19(9-46)64-37)70-39(38(61)62)5-16(51)21(41-13(3)49)32(69-39)25(56)18(53)8-45/h11,15-37,43-47,51-60H,5-10H2,1-4H3,(H,40,48)(H,41,49)(H,42,50)(H,61,62)/t11-,15-,16-,17+,18+,19+,20+,21+,22+,23+,24-,25+,26-,27+,28-,29+,30+,31+,32+,33+,34-,35-,36-,37-,39-/m0/s1. The van der Waals surface area contributed by atoms with Gasteiger partial charge in [-0.25, -0.2) is 4.79 Å². The lowest BCUT2D eigenvalue weighted by atomic mass is 9.88. The number of ether oxygens (including phenoxy) is 8. The van der Waals surface area contributed by atoms with E-state index < -0.39 is 216 Å². The number of aliphatic hydroxyl groups is 15. The fraction of sp³-hybridized carbons (Fsp3) is 0.897. The van der Waals surface area contributed by atoms with Crippen molar-refractivity contribution in [3.8, 4) is 0 Å². The molecule has 406 valence electrons. The van der Waals surface area contributed by atoms with E-state index in [-0.39, 0.29) is 0 Å². The van der Waals surface area contributed by atoms with Crippen LogP contribution < -0.4 is 16.0 Å². The maximum absolute atomic E-state index is 13.1. The van der Waals surface area contributed by atoms with E-state index in [0.717, 1.165) is 20.8 Å². The Morgan fingerprint density at radius 3 is 1.73 bits per heavy atom. The molecule has 0 radical (unpaired) electrons. The maximum atomic E-state index is 13.1. The highest BCUT2D eigenvalue weighted by Crippen LogP contribution is 2.39. The van der Waals surface area contributed by atoms with Gasteiger partial charge in [-0.15, -0.1) is 0 Å². The van der Waals surface area contributed by atoms with Gasteiger partial charge in [0.15, 0.2) is 18.9 Å². The summed E-state index contributed by atoms with van der Waals surface area (Å²) in [6, 6.07) is -5.16. The lowest BCUT2D eigenvalue weighted by molar-refractivity contribution is -0.393. The highest BCUT2D eigenvalue weighted by Gasteiger charge is 2.61. The van der Waals surface area contributed by atoms with E-state index in [9.17, 15) is 101 Å². The largest absolute Gasteiger partial charge is 0.477 e. The Balaban J connectivity index is 1.83. The van der Waals surface area contributed by atoms with Crippen LogP contribution in [0.4, 0.5) is 0 Å². The second-order valence-electron chi connectivity index (χ2n) is 17.3. The van der Waals surface area contributed by atoms with Crippen LogP contribution in [-0.4, -0.2) is 291 Å². The van der Waals surface area contributed by atoms with E-state index in [1.54, 1.807) is 0 Å². The van der Waals surface area contributed by atoms with Gasteiger partial charge < -0.3 is 136 Å². The summed E-state index contributed by atoms with van der Waals surface area (Å²) >= 11 is 0. The molecular formula is C39H67N3O28. The van der Waals surface area contributed by atoms with Crippen LogP contribution in [-0.2, 0) is 57.1 Å². The third kappa shape index (κ3) is 13.6.